The Bertz CT molecular complexity index is 1820. The average Bonchev–Trinajstić information content (AvgIpc) is 3.83. The maximum atomic E-state index is 13.7. The maximum Gasteiger partial charge on any atom is 0.263 e. The van der Waals surface area contributed by atoms with Crippen LogP contribution in [0.15, 0.2) is 77.6 Å². The number of nitrogens with zero attached hydrogens (tertiary/aromatic N) is 1. The lowest BCUT2D eigenvalue weighted by molar-refractivity contribution is -0.119. The summed E-state index contributed by atoms with van der Waals surface area (Å²) in [6.07, 6.45) is 2.90. The van der Waals surface area contributed by atoms with E-state index in [1.807, 2.05) is 0 Å². The zero-order valence-electron chi connectivity index (χ0n) is 23.3. The van der Waals surface area contributed by atoms with Gasteiger partial charge in [0.1, 0.15) is 11.6 Å². The van der Waals surface area contributed by atoms with Crippen LogP contribution >= 0.6 is 0 Å². The standard InChI is InChI=1S/C32H31F2N3O5S/c33-24-8-5-21(6-9-24)17-18-35-31(39)22-7-16-29-23(19-22)20-27(37(32(29)40)26-12-10-25(34)11-13-26)3-1-2-4-30(38)36-43(41,42)28-14-15-28/h5-13,16,19-20,28H,1-4,14-15,17-18H2,(H,35,39)(H,36,38). The monoisotopic (exact) mass is 607 g/mol. The van der Waals surface area contributed by atoms with E-state index in [4.69, 9.17) is 0 Å². The number of carbonyl (C=O) groups is 2. The third-order valence-corrected chi connectivity index (χ3v) is 9.22. The smallest absolute Gasteiger partial charge is 0.263 e. The number of carbonyl (C=O) groups excluding carboxylic acids is 2. The van der Waals surface area contributed by atoms with Crippen LogP contribution in [0.5, 0.6) is 0 Å². The van der Waals surface area contributed by atoms with Gasteiger partial charge in [0.05, 0.1) is 5.25 Å². The summed E-state index contributed by atoms with van der Waals surface area (Å²) < 4.78 is 54.4. The van der Waals surface area contributed by atoms with Crippen molar-refractivity contribution < 1.29 is 26.8 Å². The van der Waals surface area contributed by atoms with Crippen molar-refractivity contribution in [3.8, 4) is 5.69 Å². The fourth-order valence-corrected chi connectivity index (χ4v) is 6.25. The Balaban J connectivity index is 1.33. The number of aryl methyl sites for hydroxylation is 1. The second kappa shape index (κ2) is 12.9. The van der Waals surface area contributed by atoms with Crippen molar-refractivity contribution in [2.24, 2.45) is 0 Å². The normalized spacial score (nSPS) is 13.2. The van der Waals surface area contributed by atoms with Gasteiger partial charge in [-0.2, -0.15) is 0 Å². The molecule has 1 saturated carbocycles. The summed E-state index contributed by atoms with van der Waals surface area (Å²) in [4.78, 5) is 38.7. The summed E-state index contributed by atoms with van der Waals surface area (Å²) >= 11 is 0. The number of fused-ring (bicyclic) bond motifs is 1. The third-order valence-electron chi connectivity index (χ3n) is 7.36. The van der Waals surface area contributed by atoms with Gasteiger partial charge in [0.2, 0.25) is 15.9 Å². The molecule has 2 amide bonds. The Labute approximate surface area is 247 Å². The summed E-state index contributed by atoms with van der Waals surface area (Å²) in [5.41, 5.74) is 1.98. The van der Waals surface area contributed by atoms with Crippen molar-refractivity contribution in [1.82, 2.24) is 14.6 Å². The van der Waals surface area contributed by atoms with Crippen LogP contribution in [-0.4, -0.2) is 36.6 Å². The summed E-state index contributed by atoms with van der Waals surface area (Å²) in [6, 6.07) is 18.2. The van der Waals surface area contributed by atoms with Crippen molar-refractivity contribution in [2.75, 3.05) is 6.54 Å². The highest BCUT2D eigenvalue weighted by Crippen LogP contribution is 2.27. The molecule has 0 bridgehead atoms. The summed E-state index contributed by atoms with van der Waals surface area (Å²) in [5, 5.41) is 3.29. The SMILES string of the molecule is O=C(CCCCc1cc2cc(C(=O)NCCc3ccc(F)cc3)ccc2c(=O)n1-c1ccc(F)cc1)NS(=O)(=O)C1CC1. The van der Waals surface area contributed by atoms with Crippen molar-refractivity contribution in [3.63, 3.8) is 0 Å². The second-order valence-electron chi connectivity index (χ2n) is 10.7. The molecule has 1 aliphatic rings. The number of unbranched alkanes of at least 4 members (excludes halogenated alkanes) is 1. The number of halogens is 2. The number of aromatic nitrogens is 1. The predicted molar refractivity (Wildman–Crippen MR) is 160 cm³/mol. The van der Waals surface area contributed by atoms with Gasteiger partial charge in [0.15, 0.2) is 0 Å². The number of pyridine rings is 1. The van der Waals surface area contributed by atoms with Crippen LogP contribution < -0.4 is 15.6 Å². The van der Waals surface area contributed by atoms with Crippen molar-refractivity contribution in [1.29, 1.82) is 0 Å². The number of hydrogen-bond acceptors (Lipinski definition) is 5. The van der Waals surface area contributed by atoms with Gasteiger partial charge in [-0.05, 0) is 110 Å². The Morgan fingerprint density at radius 3 is 2.21 bits per heavy atom. The Kier molecular flexibility index (Phi) is 9.00. The van der Waals surface area contributed by atoms with E-state index in [0.29, 0.717) is 72.8 Å². The first-order valence-corrected chi connectivity index (χ1v) is 15.7. The first-order valence-electron chi connectivity index (χ1n) is 14.1. The molecule has 43 heavy (non-hydrogen) atoms. The molecule has 0 aliphatic heterocycles. The van der Waals surface area contributed by atoms with Crippen molar-refractivity contribution in [3.05, 3.63) is 112 Å². The number of benzene rings is 3. The average molecular weight is 608 g/mol. The number of amides is 2. The van der Waals surface area contributed by atoms with Crippen LogP contribution in [0.3, 0.4) is 0 Å². The fraction of sp³-hybridized carbons (Fsp3) is 0.281. The zero-order chi connectivity index (χ0) is 30.6. The van der Waals surface area contributed by atoms with Crippen LogP contribution in [0.4, 0.5) is 8.78 Å². The number of hydrogen-bond donors (Lipinski definition) is 2. The molecule has 1 heterocycles. The van der Waals surface area contributed by atoms with Crippen molar-refractivity contribution in [2.45, 2.75) is 50.2 Å². The minimum absolute atomic E-state index is 0.0164. The molecule has 4 aromatic rings. The van der Waals surface area contributed by atoms with E-state index in [9.17, 15) is 31.6 Å². The van der Waals surface area contributed by atoms with Gasteiger partial charge in [-0.1, -0.05) is 12.1 Å². The Hall–Kier alpha value is -4.38. The lowest BCUT2D eigenvalue weighted by Crippen LogP contribution is -2.33. The maximum absolute atomic E-state index is 13.7. The Morgan fingerprint density at radius 2 is 1.53 bits per heavy atom. The van der Waals surface area contributed by atoms with Gasteiger partial charge in [-0.3, -0.25) is 23.7 Å². The summed E-state index contributed by atoms with van der Waals surface area (Å²) in [7, 11) is -3.61. The van der Waals surface area contributed by atoms with E-state index in [1.54, 1.807) is 36.4 Å². The fourth-order valence-electron chi connectivity index (χ4n) is 4.91. The van der Waals surface area contributed by atoms with Gasteiger partial charge < -0.3 is 5.32 Å². The molecule has 3 aromatic carbocycles. The molecule has 224 valence electrons. The van der Waals surface area contributed by atoms with Gasteiger partial charge >= 0.3 is 0 Å². The van der Waals surface area contributed by atoms with Crippen LogP contribution in [0.1, 0.15) is 53.7 Å². The molecule has 5 rings (SSSR count). The number of nitrogens with one attached hydrogen (secondary N) is 2. The van der Waals surface area contributed by atoms with Crippen LogP contribution in [0.2, 0.25) is 0 Å². The number of sulfonamides is 1. The van der Waals surface area contributed by atoms with E-state index >= 15 is 0 Å². The van der Waals surface area contributed by atoms with Gasteiger partial charge in [0.25, 0.3) is 11.5 Å². The molecule has 0 radical (unpaired) electrons. The van der Waals surface area contributed by atoms with Gasteiger partial charge in [-0.15, -0.1) is 0 Å². The first-order chi connectivity index (χ1) is 20.6. The quantitative estimate of drug-likeness (QED) is 0.229. The molecular formula is C32H31F2N3O5S. The molecule has 11 heteroatoms. The molecule has 1 fully saturated rings. The largest absolute Gasteiger partial charge is 0.352 e. The minimum Gasteiger partial charge on any atom is -0.352 e. The lowest BCUT2D eigenvalue weighted by Gasteiger charge is -2.15. The molecule has 2 N–H and O–H groups in total. The molecule has 0 spiro atoms. The van der Waals surface area contributed by atoms with Crippen LogP contribution in [0, 0.1) is 11.6 Å². The first kappa shape index (κ1) is 30.1. The van der Waals surface area contributed by atoms with Gasteiger partial charge in [-0.25, -0.2) is 17.2 Å². The molecule has 0 saturated heterocycles. The van der Waals surface area contributed by atoms with E-state index in [0.717, 1.165) is 5.56 Å². The van der Waals surface area contributed by atoms with Crippen molar-refractivity contribution >= 4 is 32.6 Å². The topological polar surface area (TPSA) is 114 Å². The van der Waals surface area contributed by atoms with Gasteiger partial charge in [0, 0.05) is 35.3 Å². The summed E-state index contributed by atoms with van der Waals surface area (Å²) in [6.45, 7) is 0.343. The van der Waals surface area contributed by atoms with Crippen LogP contribution in [0.25, 0.3) is 16.5 Å². The van der Waals surface area contributed by atoms with E-state index in [2.05, 4.69) is 10.0 Å². The molecular weight excluding hydrogens is 576 g/mol. The van der Waals surface area contributed by atoms with E-state index in [-0.39, 0.29) is 23.7 Å². The molecule has 0 unspecified atom stereocenters. The molecule has 8 nitrogen and oxygen atoms in total. The predicted octanol–water partition coefficient (Wildman–Crippen LogP) is 4.56. The zero-order valence-corrected chi connectivity index (χ0v) is 24.1. The molecule has 1 aromatic heterocycles. The highest BCUT2D eigenvalue weighted by atomic mass is 32.2. The highest BCUT2D eigenvalue weighted by molar-refractivity contribution is 7.90. The number of rotatable bonds is 12. The van der Waals surface area contributed by atoms with E-state index < -0.39 is 27.0 Å². The highest BCUT2D eigenvalue weighted by Gasteiger charge is 2.36. The lowest BCUT2D eigenvalue weighted by atomic mass is 10.0. The minimum atomic E-state index is -3.61. The van der Waals surface area contributed by atoms with Crippen LogP contribution in [-0.2, 0) is 27.7 Å². The molecule has 0 atom stereocenters. The third kappa shape index (κ3) is 7.53. The summed E-state index contributed by atoms with van der Waals surface area (Å²) in [5.74, 6) is -1.65. The molecule has 1 aliphatic carbocycles. The van der Waals surface area contributed by atoms with E-state index in [1.165, 1.54) is 41.0 Å². The second-order valence-corrected chi connectivity index (χ2v) is 12.6. The Morgan fingerprint density at radius 1 is 0.860 bits per heavy atom.